The van der Waals surface area contributed by atoms with Gasteiger partial charge in [0.2, 0.25) is 0 Å². The van der Waals surface area contributed by atoms with Crippen molar-refractivity contribution in [3.05, 3.63) is 28.0 Å². The number of thioether (sulfide) groups is 1. The molecule has 0 aliphatic heterocycles. The van der Waals surface area contributed by atoms with E-state index in [9.17, 15) is 4.39 Å². The minimum absolute atomic E-state index is 0.185. The zero-order valence-electron chi connectivity index (χ0n) is 8.98. The lowest BCUT2D eigenvalue weighted by Gasteiger charge is -2.03. The molecule has 2 rings (SSSR count). The number of rotatable bonds is 3. The molecule has 2 aromatic rings. The van der Waals surface area contributed by atoms with Crippen LogP contribution in [0.5, 0.6) is 0 Å². The average molecular weight is 362 g/mol. The number of hydrogen-bond donors (Lipinski definition) is 0. The third kappa shape index (κ3) is 2.85. The largest absolute Gasteiger partial charge is 0.204 e. The molecule has 3 nitrogen and oxygen atoms in total. The van der Waals surface area contributed by atoms with Gasteiger partial charge < -0.3 is 0 Å². The van der Waals surface area contributed by atoms with E-state index in [4.69, 9.17) is 5.26 Å². The summed E-state index contributed by atoms with van der Waals surface area (Å²) in [6.07, 6.45) is 1.91. The van der Waals surface area contributed by atoms with Gasteiger partial charge in [0.05, 0.1) is 14.9 Å². The lowest BCUT2D eigenvalue weighted by Crippen LogP contribution is -1.87. The molecular formula is C10H5BrFN3S3. The Hall–Kier alpha value is -0.620. The van der Waals surface area contributed by atoms with Gasteiger partial charge in [-0.2, -0.15) is 5.26 Å². The maximum absolute atomic E-state index is 14.0. The molecule has 92 valence electrons. The van der Waals surface area contributed by atoms with Crippen LogP contribution in [0.25, 0.3) is 0 Å². The zero-order chi connectivity index (χ0) is 13.1. The first kappa shape index (κ1) is 13.8. The number of hydrogen-bond acceptors (Lipinski definition) is 6. The fourth-order valence-electron chi connectivity index (χ4n) is 1.11. The van der Waals surface area contributed by atoms with Gasteiger partial charge in [-0.25, -0.2) is 4.39 Å². The van der Waals surface area contributed by atoms with Gasteiger partial charge in [0.25, 0.3) is 0 Å². The van der Waals surface area contributed by atoms with E-state index in [0.717, 1.165) is 4.34 Å². The second-order valence-corrected chi connectivity index (χ2v) is 7.10. The molecule has 0 fully saturated rings. The van der Waals surface area contributed by atoms with E-state index in [-0.39, 0.29) is 10.0 Å². The molecule has 8 heteroatoms. The molecule has 1 aromatic heterocycles. The molecule has 0 amide bonds. The van der Waals surface area contributed by atoms with Crippen LogP contribution >= 0.6 is 50.8 Å². The highest BCUT2D eigenvalue weighted by molar-refractivity contribution is 9.10. The van der Waals surface area contributed by atoms with Crippen LogP contribution in [0.4, 0.5) is 4.39 Å². The summed E-state index contributed by atoms with van der Waals surface area (Å²) in [7, 11) is 0. The Kier molecular flexibility index (Phi) is 4.61. The van der Waals surface area contributed by atoms with Gasteiger partial charge in [0.1, 0.15) is 6.07 Å². The summed E-state index contributed by atoms with van der Waals surface area (Å²) in [6, 6.07) is 5.06. The molecule has 0 N–H and O–H groups in total. The van der Waals surface area contributed by atoms with E-state index in [1.54, 1.807) is 12.1 Å². The Bertz CT molecular complexity index is 623. The monoisotopic (exact) mass is 361 g/mol. The van der Waals surface area contributed by atoms with Gasteiger partial charge in [-0.3, -0.25) is 0 Å². The zero-order valence-corrected chi connectivity index (χ0v) is 13.0. The van der Waals surface area contributed by atoms with E-state index in [1.165, 1.54) is 34.9 Å². The number of nitrogens with zero attached hydrogens (tertiary/aromatic N) is 3. The third-order valence-corrected chi connectivity index (χ3v) is 5.69. The molecule has 1 heterocycles. The maximum Gasteiger partial charge on any atom is 0.179 e. The minimum Gasteiger partial charge on any atom is -0.204 e. The van der Waals surface area contributed by atoms with E-state index in [0.29, 0.717) is 9.24 Å². The van der Waals surface area contributed by atoms with E-state index in [1.807, 2.05) is 12.3 Å². The highest BCUT2D eigenvalue weighted by Crippen LogP contribution is 2.36. The van der Waals surface area contributed by atoms with Crippen molar-refractivity contribution in [3.63, 3.8) is 0 Å². The van der Waals surface area contributed by atoms with Crippen LogP contribution < -0.4 is 0 Å². The first-order chi connectivity index (χ1) is 8.65. The van der Waals surface area contributed by atoms with Crippen LogP contribution in [0.1, 0.15) is 5.56 Å². The molecule has 0 aliphatic rings. The molecule has 0 atom stereocenters. The van der Waals surface area contributed by atoms with Crippen LogP contribution in [-0.2, 0) is 0 Å². The molecule has 0 aliphatic carbocycles. The molecule has 0 spiro atoms. The predicted octanol–water partition coefficient (Wildman–Crippen LogP) is 4.18. The fraction of sp³-hybridized carbons (Fsp3) is 0.100. The van der Waals surface area contributed by atoms with Crippen LogP contribution in [0.3, 0.4) is 0 Å². The summed E-state index contributed by atoms with van der Waals surface area (Å²) in [6.45, 7) is 0. The fourth-order valence-corrected chi connectivity index (χ4v) is 4.11. The smallest absolute Gasteiger partial charge is 0.179 e. The Morgan fingerprint density at radius 1 is 1.39 bits per heavy atom. The van der Waals surface area contributed by atoms with Crippen LogP contribution in [0.2, 0.25) is 0 Å². The molecule has 1 aromatic carbocycles. The highest BCUT2D eigenvalue weighted by Gasteiger charge is 2.14. The second kappa shape index (κ2) is 6.02. The SMILES string of the molecule is CSc1nnc(Sc2ccc(C#N)c(Br)c2F)s1. The quantitative estimate of drug-likeness (QED) is 0.767. The Labute approximate surface area is 124 Å². The van der Waals surface area contributed by atoms with E-state index in [2.05, 4.69) is 26.1 Å². The normalized spacial score (nSPS) is 10.3. The van der Waals surface area contributed by atoms with Crippen molar-refractivity contribution < 1.29 is 4.39 Å². The van der Waals surface area contributed by atoms with Crippen molar-refractivity contribution in [1.29, 1.82) is 5.26 Å². The Balaban J connectivity index is 2.30. The highest BCUT2D eigenvalue weighted by atomic mass is 79.9. The van der Waals surface area contributed by atoms with Crippen molar-refractivity contribution in [1.82, 2.24) is 10.2 Å². The lowest BCUT2D eigenvalue weighted by atomic mass is 10.2. The molecule has 0 saturated carbocycles. The topological polar surface area (TPSA) is 49.6 Å². The number of aromatic nitrogens is 2. The molecule has 0 bridgehead atoms. The average Bonchev–Trinajstić information content (AvgIpc) is 2.83. The minimum atomic E-state index is -0.444. The van der Waals surface area contributed by atoms with Gasteiger partial charge >= 0.3 is 0 Å². The Morgan fingerprint density at radius 2 is 2.11 bits per heavy atom. The third-order valence-electron chi connectivity index (χ3n) is 1.93. The van der Waals surface area contributed by atoms with Crippen molar-refractivity contribution in [2.24, 2.45) is 0 Å². The summed E-state index contributed by atoms with van der Waals surface area (Å²) < 4.78 is 15.7. The standard InChI is InChI=1S/C10H5BrFN3S3/c1-16-9-14-15-10(18-9)17-6-3-2-5(4-13)7(11)8(6)12/h2-3H,1H3. The second-order valence-electron chi connectivity index (χ2n) is 2.99. The van der Waals surface area contributed by atoms with Crippen molar-refractivity contribution in [2.45, 2.75) is 13.6 Å². The van der Waals surface area contributed by atoms with Crippen molar-refractivity contribution in [3.8, 4) is 6.07 Å². The van der Waals surface area contributed by atoms with Gasteiger partial charge in [-0.15, -0.1) is 10.2 Å². The summed E-state index contributed by atoms with van der Waals surface area (Å²) in [5.41, 5.74) is 0.277. The van der Waals surface area contributed by atoms with E-state index < -0.39 is 5.82 Å². The lowest BCUT2D eigenvalue weighted by molar-refractivity contribution is 0.594. The van der Waals surface area contributed by atoms with Crippen molar-refractivity contribution >= 4 is 50.8 Å². The van der Waals surface area contributed by atoms with Crippen molar-refractivity contribution in [2.75, 3.05) is 6.26 Å². The first-order valence-electron chi connectivity index (χ1n) is 4.59. The van der Waals surface area contributed by atoms with E-state index >= 15 is 0 Å². The number of nitriles is 1. The van der Waals surface area contributed by atoms with Crippen LogP contribution in [-0.4, -0.2) is 16.5 Å². The van der Waals surface area contributed by atoms with Crippen LogP contribution in [0, 0.1) is 17.1 Å². The molecule has 0 radical (unpaired) electrons. The predicted molar refractivity (Wildman–Crippen MR) is 74.6 cm³/mol. The summed E-state index contributed by atoms with van der Waals surface area (Å²) >= 11 is 7.18. The molecule has 0 saturated heterocycles. The summed E-state index contributed by atoms with van der Waals surface area (Å²) in [4.78, 5) is 0.421. The van der Waals surface area contributed by atoms with Gasteiger partial charge in [-0.1, -0.05) is 34.9 Å². The van der Waals surface area contributed by atoms with Gasteiger partial charge in [0.15, 0.2) is 14.5 Å². The maximum atomic E-state index is 14.0. The molecule has 18 heavy (non-hydrogen) atoms. The Morgan fingerprint density at radius 3 is 2.72 bits per heavy atom. The summed E-state index contributed by atoms with van der Waals surface area (Å²) in [5.74, 6) is -0.444. The summed E-state index contributed by atoms with van der Waals surface area (Å²) in [5, 5.41) is 16.7. The van der Waals surface area contributed by atoms with Gasteiger partial charge in [-0.05, 0) is 34.3 Å². The van der Waals surface area contributed by atoms with Gasteiger partial charge in [0, 0.05) is 0 Å². The number of halogens is 2. The van der Waals surface area contributed by atoms with Crippen LogP contribution in [0.15, 0.2) is 30.2 Å². The first-order valence-corrected chi connectivity index (χ1v) is 8.24. The molecule has 0 unspecified atom stereocenters. The number of benzene rings is 1. The molecular weight excluding hydrogens is 357 g/mol.